The van der Waals surface area contributed by atoms with Crippen molar-refractivity contribution in [2.75, 3.05) is 0 Å². The maximum Gasteiger partial charge on any atom is 0.278 e. The lowest BCUT2D eigenvalue weighted by Crippen LogP contribution is -2.17. The molecule has 5 rings (SSSR count). The standard InChI is InChI=1S/C27H23N3O/c1-19-12-14-21(15-13-19)17-24-27(31)30-18-25(22-10-6-3-7-11-22)28-23(26(30)29-24)16-20-8-4-2-5-9-20/h2-15,18,28H,16-17H2,1H3. The number of imidazole rings is 1. The Morgan fingerprint density at radius 1 is 0.806 bits per heavy atom. The second-order valence-electron chi connectivity index (χ2n) is 7.89. The third-order valence-electron chi connectivity index (χ3n) is 5.55. The average molecular weight is 406 g/mol. The van der Waals surface area contributed by atoms with E-state index in [9.17, 15) is 4.79 Å². The van der Waals surface area contributed by atoms with Crippen molar-refractivity contribution in [2.24, 2.45) is 0 Å². The summed E-state index contributed by atoms with van der Waals surface area (Å²) in [5.74, 6) is 0.690. The number of fused-ring (bicyclic) bond motifs is 1. The number of hydrogen-bond donors (Lipinski definition) is 1. The SMILES string of the molecule is Cc1ccc(Cc2nc3c(Cc4ccccc4)[nH]c(-c4ccccc4)cn-3c2=O)cc1. The van der Waals surface area contributed by atoms with Crippen molar-refractivity contribution in [1.82, 2.24) is 14.5 Å². The molecule has 0 saturated carbocycles. The summed E-state index contributed by atoms with van der Waals surface area (Å²) in [6.07, 6.45) is 3.06. The molecule has 0 atom stereocenters. The quantitative estimate of drug-likeness (QED) is 0.439. The predicted octanol–water partition coefficient (Wildman–Crippen LogP) is 5.16. The van der Waals surface area contributed by atoms with Gasteiger partial charge >= 0.3 is 0 Å². The van der Waals surface area contributed by atoms with Gasteiger partial charge in [0.05, 0.1) is 11.4 Å². The van der Waals surface area contributed by atoms with Gasteiger partial charge in [-0.2, -0.15) is 0 Å². The fraction of sp³-hybridized carbons (Fsp3) is 0.111. The van der Waals surface area contributed by atoms with Gasteiger partial charge in [0.15, 0.2) is 5.82 Å². The molecular weight excluding hydrogens is 382 g/mol. The molecule has 2 aliphatic rings. The first-order valence-electron chi connectivity index (χ1n) is 10.5. The van der Waals surface area contributed by atoms with Crippen LogP contribution in [0.1, 0.15) is 28.1 Å². The lowest BCUT2D eigenvalue weighted by Gasteiger charge is -2.13. The lowest BCUT2D eigenvalue weighted by molar-refractivity contribution is 0.914. The molecule has 0 spiro atoms. The molecule has 0 fully saturated rings. The molecule has 0 radical (unpaired) electrons. The van der Waals surface area contributed by atoms with E-state index in [0.29, 0.717) is 24.4 Å². The zero-order chi connectivity index (χ0) is 21.2. The van der Waals surface area contributed by atoms with Gasteiger partial charge in [0.1, 0.15) is 5.69 Å². The summed E-state index contributed by atoms with van der Waals surface area (Å²) < 4.78 is 1.70. The van der Waals surface area contributed by atoms with Crippen LogP contribution in [-0.4, -0.2) is 14.5 Å². The van der Waals surface area contributed by atoms with Crippen molar-refractivity contribution in [1.29, 1.82) is 0 Å². The van der Waals surface area contributed by atoms with Crippen molar-refractivity contribution >= 4 is 0 Å². The van der Waals surface area contributed by atoms with Crippen molar-refractivity contribution in [3.05, 3.63) is 130 Å². The van der Waals surface area contributed by atoms with Crippen LogP contribution in [0.15, 0.2) is 95.9 Å². The normalized spacial score (nSPS) is 11.1. The number of hydrogen-bond acceptors (Lipinski definition) is 2. The summed E-state index contributed by atoms with van der Waals surface area (Å²) in [7, 11) is 0. The predicted molar refractivity (Wildman–Crippen MR) is 124 cm³/mol. The molecule has 4 nitrogen and oxygen atoms in total. The maximum absolute atomic E-state index is 13.3. The summed E-state index contributed by atoms with van der Waals surface area (Å²) in [5.41, 5.74) is 6.83. The molecule has 0 saturated heterocycles. The van der Waals surface area contributed by atoms with Gasteiger partial charge in [-0.1, -0.05) is 90.5 Å². The molecule has 2 aliphatic heterocycles. The minimum absolute atomic E-state index is 0.0592. The molecular formula is C27H23N3O. The maximum atomic E-state index is 13.3. The molecule has 0 unspecified atom stereocenters. The van der Waals surface area contributed by atoms with Crippen LogP contribution in [0.3, 0.4) is 0 Å². The van der Waals surface area contributed by atoms with Crippen LogP contribution in [0.5, 0.6) is 0 Å². The first-order valence-corrected chi connectivity index (χ1v) is 10.5. The van der Waals surface area contributed by atoms with E-state index in [1.165, 1.54) is 11.1 Å². The Kier molecular flexibility index (Phi) is 4.97. The van der Waals surface area contributed by atoms with Crippen molar-refractivity contribution in [3.63, 3.8) is 0 Å². The Bertz CT molecular complexity index is 1330. The van der Waals surface area contributed by atoms with Crippen LogP contribution in [-0.2, 0) is 12.8 Å². The van der Waals surface area contributed by atoms with Crippen LogP contribution in [0.4, 0.5) is 0 Å². The van der Waals surface area contributed by atoms with E-state index in [4.69, 9.17) is 4.98 Å². The largest absolute Gasteiger partial charge is 0.354 e. The third-order valence-corrected chi connectivity index (χ3v) is 5.55. The van der Waals surface area contributed by atoms with Crippen LogP contribution < -0.4 is 5.56 Å². The van der Waals surface area contributed by atoms with Gasteiger partial charge in [-0.05, 0) is 23.6 Å². The van der Waals surface area contributed by atoms with Gasteiger partial charge in [-0.3, -0.25) is 9.36 Å². The first kappa shape index (κ1) is 19.1. The minimum Gasteiger partial charge on any atom is -0.354 e. The number of H-pyrrole nitrogens is 1. The molecule has 2 heterocycles. The molecule has 152 valence electrons. The Morgan fingerprint density at radius 3 is 2.16 bits per heavy atom. The zero-order valence-electron chi connectivity index (χ0n) is 17.4. The van der Waals surface area contributed by atoms with Crippen molar-refractivity contribution in [2.45, 2.75) is 19.8 Å². The number of nitrogens with zero attached hydrogens (tertiary/aromatic N) is 2. The summed E-state index contributed by atoms with van der Waals surface area (Å²) >= 11 is 0. The Morgan fingerprint density at radius 2 is 1.45 bits per heavy atom. The van der Waals surface area contributed by atoms with E-state index in [2.05, 4.69) is 48.3 Å². The van der Waals surface area contributed by atoms with E-state index < -0.39 is 0 Å². The number of nitrogens with one attached hydrogen (secondary N) is 1. The molecule has 0 amide bonds. The van der Waals surface area contributed by atoms with Crippen molar-refractivity contribution in [3.8, 4) is 17.1 Å². The summed E-state index contributed by atoms with van der Waals surface area (Å²) in [5, 5.41) is 0. The number of aromatic amines is 1. The highest BCUT2D eigenvalue weighted by Crippen LogP contribution is 2.23. The van der Waals surface area contributed by atoms with Gasteiger partial charge in [0.25, 0.3) is 5.56 Å². The number of aromatic nitrogens is 3. The highest BCUT2D eigenvalue weighted by atomic mass is 16.1. The van der Waals surface area contributed by atoms with Crippen LogP contribution >= 0.6 is 0 Å². The summed E-state index contributed by atoms with van der Waals surface area (Å²) in [6.45, 7) is 2.06. The highest BCUT2D eigenvalue weighted by Gasteiger charge is 2.20. The van der Waals surface area contributed by atoms with Crippen LogP contribution in [0, 0.1) is 6.92 Å². The number of aryl methyl sites for hydroxylation is 1. The molecule has 0 aliphatic carbocycles. The Balaban J connectivity index is 1.63. The average Bonchev–Trinajstić information content (AvgIpc) is 3.12. The lowest BCUT2D eigenvalue weighted by atomic mass is 10.1. The molecule has 0 bridgehead atoms. The molecule has 1 N–H and O–H groups in total. The second-order valence-corrected chi connectivity index (χ2v) is 7.89. The second kappa shape index (κ2) is 8.07. The first-order chi connectivity index (χ1) is 15.2. The fourth-order valence-corrected chi connectivity index (χ4v) is 3.88. The van der Waals surface area contributed by atoms with E-state index in [0.717, 1.165) is 22.5 Å². The van der Waals surface area contributed by atoms with Crippen LogP contribution in [0.25, 0.3) is 17.1 Å². The summed E-state index contributed by atoms with van der Waals surface area (Å²) in [4.78, 5) is 21.6. The van der Waals surface area contributed by atoms with Gasteiger partial charge in [-0.25, -0.2) is 4.98 Å². The smallest absolute Gasteiger partial charge is 0.278 e. The van der Waals surface area contributed by atoms with E-state index >= 15 is 0 Å². The van der Waals surface area contributed by atoms with E-state index in [-0.39, 0.29) is 5.56 Å². The van der Waals surface area contributed by atoms with Gasteiger partial charge in [0, 0.05) is 19.0 Å². The van der Waals surface area contributed by atoms with Crippen molar-refractivity contribution < 1.29 is 0 Å². The number of rotatable bonds is 5. The molecule has 3 aromatic carbocycles. The van der Waals surface area contributed by atoms with Gasteiger partial charge in [-0.15, -0.1) is 0 Å². The molecule has 4 heteroatoms. The monoisotopic (exact) mass is 405 g/mol. The van der Waals surface area contributed by atoms with Gasteiger partial charge in [0.2, 0.25) is 0 Å². The summed E-state index contributed by atoms with van der Waals surface area (Å²) in [6, 6.07) is 28.6. The van der Waals surface area contributed by atoms with Gasteiger partial charge < -0.3 is 4.98 Å². The molecule has 0 aromatic heterocycles. The molecule has 31 heavy (non-hydrogen) atoms. The third kappa shape index (κ3) is 3.92. The topological polar surface area (TPSA) is 50.7 Å². The van der Waals surface area contributed by atoms with Crippen LogP contribution in [0.2, 0.25) is 0 Å². The Hall–Kier alpha value is -3.92. The minimum atomic E-state index is -0.0592. The Labute approximate surface area is 181 Å². The van der Waals surface area contributed by atoms with E-state index in [1.54, 1.807) is 4.57 Å². The van der Waals surface area contributed by atoms with E-state index in [1.807, 2.05) is 54.7 Å². The highest BCUT2D eigenvalue weighted by molar-refractivity contribution is 5.60. The zero-order valence-corrected chi connectivity index (χ0v) is 17.4. The number of benzene rings is 3. The molecule has 3 aromatic rings. The fourth-order valence-electron chi connectivity index (χ4n) is 3.88.